The van der Waals surface area contributed by atoms with E-state index < -0.39 is 6.09 Å². The summed E-state index contributed by atoms with van der Waals surface area (Å²) < 4.78 is 20.6. The molecule has 6 heteroatoms. The predicted octanol–water partition coefficient (Wildman–Crippen LogP) is 3.84. The van der Waals surface area contributed by atoms with Crippen LogP contribution in [0.4, 0.5) is 9.18 Å². The van der Waals surface area contributed by atoms with Crippen molar-refractivity contribution in [1.29, 1.82) is 0 Å². The van der Waals surface area contributed by atoms with Crippen molar-refractivity contribution in [3.63, 3.8) is 0 Å². The first-order valence-corrected chi connectivity index (χ1v) is 8.40. The van der Waals surface area contributed by atoms with Gasteiger partial charge >= 0.3 is 6.09 Å². The number of hydrogen-bond acceptors (Lipinski definition) is 3. The van der Waals surface area contributed by atoms with Gasteiger partial charge in [-0.05, 0) is 48.2 Å². The Morgan fingerprint density at radius 3 is 2.58 bits per heavy atom. The van der Waals surface area contributed by atoms with E-state index in [1.807, 2.05) is 18.2 Å². The number of carbonyl (C=O) groups is 1. The van der Waals surface area contributed by atoms with Crippen LogP contribution < -0.4 is 4.74 Å². The maximum absolute atomic E-state index is 13.3. The van der Waals surface area contributed by atoms with Gasteiger partial charge in [-0.1, -0.05) is 24.3 Å². The highest BCUT2D eigenvalue weighted by Gasteiger charge is 2.28. The molecule has 1 aromatic heterocycles. The molecule has 0 saturated heterocycles. The fraction of sp³-hybridized carbons (Fsp3) is 0.200. The summed E-state index contributed by atoms with van der Waals surface area (Å²) in [6, 6.07) is 14.0. The molecule has 5 nitrogen and oxygen atoms in total. The Morgan fingerprint density at radius 1 is 1.12 bits per heavy atom. The number of halogens is 1. The topological polar surface area (TPSA) is 47.4 Å². The van der Waals surface area contributed by atoms with Gasteiger partial charge in [0.05, 0.1) is 16.9 Å². The molecule has 0 atom stereocenters. The molecule has 0 unspecified atom stereocenters. The average Bonchev–Trinajstić information content (AvgIpc) is 3.01. The molecular weight excluding hydrogens is 333 g/mol. The molecule has 0 N–H and O–H groups in total. The van der Waals surface area contributed by atoms with Crippen LogP contribution in [0.1, 0.15) is 11.3 Å². The number of nitrogens with zero attached hydrogens (tertiary/aromatic N) is 3. The number of fused-ring (bicyclic) bond motifs is 3. The minimum absolute atomic E-state index is 0.331. The molecule has 0 bridgehead atoms. The van der Waals surface area contributed by atoms with Crippen molar-refractivity contribution in [3.8, 4) is 22.7 Å². The fourth-order valence-electron chi connectivity index (χ4n) is 3.15. The van der Waals surface area contributed by atoms with Crippen LogP contribution in [-0.2, 0) is 12.8 Å². The van der Waals surface area contributed by atoms with Gasteiger partial charge in [0.2, 0.25) is 5.88 Å². The van der Waals surface area contributed by atoms with Crippen LogP contribution in [0.3, 0.4) is 0 Å². The lowest BCUT2D eigenvalue weighted by Gasteiger charge is -2.17. The molecule has 0 spiro atoms. The molecule has 1 amide bonds. The van der Waals surface area contributed by atoms with Crippen molar-refractivity contribution in [2.24, 2.45) is 0 Å². The highest BCUT2D eigenvalue weighted by atomic mass is 19.1. The second-order valence-electron chi connectivity index (χ2n) is 6.43. The number of benzene rings is 2. The first-order valence-electron chi connectivity index (χ1n) is 8.40. The Balaban J connectivity index is 1.92. The third-order valence-electron chi connectivity index (χ3n) is 4.45. The minimum Gasteiger partial charge on any atom is -0.390 e. The summed E-state index contributed by atoms with van der Waals surface area (Å²) in [6.07, 6.45) is 1.15. The monoisotopic (exact) mass is 351 g/mol. The zero-order chi connectivity index (χ0) is 18.3. The molecule has 2 aromatic carbocycles. The summed E-state index contributed by atoms with van der Waals surface area (Å²) in [5.74, 6) is 0.0281. The van der Waals surface area contributed by atoms with Crippen LogP contribution >= 0.6 is 0 Å². The molecule has 1 aliphatic rings. The van der Waals surface area contributed by atoms with Gasteiger partial charge in [-0.2, -0.15) is 9.78 Å². The lowest BCUT2D eigenvalue weighted by molar-refractivity contribution is 0.169. The summed E-state index contributed by atoms with van der Waals surface area (Å²) >= 11 is 0. The molecule has 0 saturated carbocycles. The van der Waals surface area contributed by atoms with E-state index in [1.54, 1.807) is 30.9 Å². The van der Waals surface area contributed by atoms with Gasteiger partial charge in [0.25, 0.3) is 0 Å². The maximum Gasteiger partial charge on any atom is 0.416 e. The van der Waals surface area contributed by atoms with Gasteiger partial charge in [-0.25, -0.2) is 9.18 Å². The summed E-state index contributed by atoms with van der Waals surface area (Å²) in [5.41, 5.74) is 4.55. The molecule has 132 valence electrons. The first kappa shape index (κ1) is 16.3. The standard InChI is InChI=1S/C20H18FN3O2/c1-23(2)20(25)26-19-18-16-6-4-3-5-13(16)7-12-17(18)22-24(19)15-10-8-14(21)9-11-15/h3-6,8-11H,7,12H2,1-2H3. The zero-order valence-electron chi connectivity index (χ0n) is 14.6. The van der Waals surface area contributed by atoms with Gasteiger partial charge in [-0.15, -0.1) is 0 Å². The highest BCUT2D eigenvalue weighted by molar-refractivity contribution is 5.80. The van der Waals surface area contributed by atoms with Crippen LogP contribution in [-0.4, -0.2) is 34.9 Å². The molecule has 0 radical (unpaired) electrons. The van der Waals surface area contributed by atoms with Crippen LogP contribution in [0.5, 0.6) is 5.88 Å². The number of aryl methyl sites for hydroxylation is 2. The normalized spacial score (nSPS) is 12.3. The second kappa shape index (κ2) is 6.29. The SMILES string of the molecule is CN(C)C(=O)Oc1c2c(nn1-c1ccc(F)cc1)CCc1ccccc1-2. The van der Waals surface area contributed by atoms with Gasteiger partial charge in [0, 0.05) is 14.1 Å². The van der Waals surface area contributed by atoms with Crippen LogP contribution in [0.25, 0.3) is 16.8 Å². The van der Waals surface area contributed by atoms with E-state index in [2.05, 4.69) is 11.2 Å². The maximum atomic E-state index is 13.3. The predicted molar refractivity (Wildman–Crippen MR) is 96.1 cm³/mol. The lowest BCUT2D eigenvalue weighted by atomic mass is 9.90. The number of amides is 1. The largest absolute Gasteiger partial charge is 0.416 e. The summed E-state index contributed by atoms with van der Waals surface area (Å²) in [7, 11) is 3.25. The van der Waals surface area contributed by atoms with E-state index >= 15 is 0 Å². The highest BCUT2D eigenvalue weighted by Crippen LogP contribution is 2.41. The van der Waals surface area contributed by atoms with Gasteiger partial charge < -0.3 is 9.64 Å². The van der Waals surface area contributed by atoms with E-state index in [4.69, 9.17) is 4.74 Å². The van der Waals surface area contributed by atoms with Crippen molar-refractivity contribution in [2.45, 2.75) is 12.8 Å². The molecule has 3 aromatic rings. The Morgan fingerprint density at radius 2 is 1.85 bits per heavy atom. The third kappa shape index (κ3) is 2.73. The van der Waals surface area contributed by atoms with Crippen molar-refractivity contribution in [1.82, 2.24) is 14.7 Å². The third-order valence-corrected chi connectivity index (χ3v) is 4.45. The summed E-state index contributed by atoms with van der Waals surface area (Å²) in [6.45, 7) is 0. The van der Waals surface area contributed by atoms with E-state index in [9.17, 15) is 9.18 Å². The smallest absolute Gasteiger partial charge is 0.390 e. The second-order valence-corrected chi connectivity index (χ2v) is 6.43. The van der Waals surface area contributed by atoms with Crippen molar-refractivity contribution in [3.05, 3.63) is 65.6 Å². The average molecular weight is 351 g/mol. The van der Waals surface area contributed by atoms with Crippen LogP contribution in [0, 0.1) is 5.82 Å². The molecule has 1 heterocycles. The van der Waals surface area contributed by atoms with Crippen molar-refractivity contribution < 1.29 is 13.9 Å². The Hall–Kier alpha value is -3.15. The summed E-state index contributed by atoms with van der Waals surface area (Å²) in [5, 5.41) is 4.66. The van der Waals surface area contributed by atoms with Crippen LogP contribution in [0.15, 0.2) is 48.5 Å². The molecule has 4 rings (SSSR count). The fourth-order valence-corrected chi connectivity index (χ4v) is 3.15. The number of ether oxygens (including phenoxy) is 1. The van der Waals surface area contributed by atoms with E-state index in [0.29, 0.717) is 11.6 Å². The first-order chi connectivity index (χ1) is 12.5. The Bertz CT molecular complexity index is 977. The lowest BCUT2D eigenvalue weighted by Crippen LogP contribution is -2.26. The van der Waals surface area contributed by atoms with Gasteiger partial charge in [0.15, 0.2) is 0 Å². The van der Waals surface area contributed by atoms with E-state index in [1.165, 1.54) is 22.6 Å². The molecule has 26 heavy (non-hydrogen) atoms. The van der Waals surface area contributed by atoms with Gasteiger partial charge in [-0.3, -0.25) is 0 Å². The zero-order valence-corrected chi connectivity index (χ0v) is 14.6. The minimum atomic E-state index is -0.487. The molecule has 0 aliphatic heterocycles. The Labute approximate surface area is 150 Å². The van der Waals surface area contributed by atoms with E-state index in [-0.39, 0.29) is 5.82 Å². The number of carbonyl (C=O) groups excluding carboxylic acids is 1. The number of aromatic nitrogens is 2. The molecular formula is C20H18FN3O2. The van der Waals surface area contributed by atoms with Crippen LogP contribution in [0.2, 0.25) is 0 Å². The van der Waals surface area contributed by atoms with Crippen molar-refractivity contribution in [2.75, 3.05) is 14.1 Å². The van der Waals surface area contributed by atoms with Crippen molar-refractivity contribution >= 4 is 6.09 Å². The molecule has 0 fully saturated rings. The number of hydrogen-bond donors (Lipinski definition) is 0. The molecule has 1 aliphatic carbocycles. The quantitative estimate of drug-likeness (QED) is 0.705. The number of rotatable bonds is 2. The van der Waals surface area contributed by atoms with Gasteiger partial charge in [0.1, 0.15) is 5.82 Å². The van der Waals surface area contributed by atoms with E-state index in [0.717, 1.165) is 29.7 Å². The Kier molecular flexibility index (Phi) is 3.95. The summed E-state index contributed by atoms with van der Waals surface area (Å²) in [4.78, 5) is 13.6.